The van der Waals surface area contributed by atoms with Crippen molar-refractivity contribution in [2.45, 2.75) is 44.8 Å². The molecule has 0 saturated carbocycles. The van der Waals surface area contributed by atoms with Crippen LogP contribution in [0.15, 0.2) is 42.7 Å². The van der Waals surface area contributed by atoms with E-state index < -0.39 is 18.1 Å². The lowest BCUT2D eigenvalue weighted by atomic mass is 9.90. The van der Waals surface area contributed by atoms with Crippen molar-refractivity contribution in [1.82, 2.24) is 20.1 Å². The number of alkyl halides is 3. The van der Waals surface area contributed by atoms with Crippen LogP contribution in [0.2, 0.25) is 5.02 Å². The first-order valence-corrected chi connectivity index (χ1v) is 12.0. The number of halogens is 4. The number of aromatic carboxylic acids is 1. The quantitative estimate of drug-likeness (QED) is 0.340. The van der Waals surface area contributed by atoms with Gasteiger partial charge in [0.05, 0.1) is 5.69 Å². The van der Waals surface area contributed by atoms with E-state index in [4.69, 9.17) is 21.5 Å². The highest BCUT2D eigenvalue weighted by Crippen LogP contribution is 2.34. The summed E-state index contributed by atoms with van der Waals surface area (Å²) in [6.07, 6.45) is 2.83. The fraction of sp³-hybridized carbons (Fsp3) is 0.360. The van der Waals surface area contributed by atoms with Gasteiger partial charge in [-0.1, -0.05) is 23.7 Å². The molecule has 2 aromatic heterocycles. The average molecular weight is 539 g/mol. The summed E-state index contributed by atoms with van der Waals surface area (Å²) in [6, 6.07) is 9.88. The zero-order valence-electron chi connectivity index (χ0n) is 19.8. The summed E-state index contributed by atoms with van der Waals surface area (Å²) in [5.41, 5.74) is 5.35. The molecule has 3 aromatic rings. The Labute approximate surface area is 216 Å². The number of nitrogens with one attached hydrogen (secondary N) is 1. The molecule has 0 saturated heterocycles. The molecule has 37 heavy (non-hydrogen) atoms. The van der Waals surface area contributed by atoms with Crippen LogP contribution in [0.25, 0.3) is 11.3 Å². The number of nitrogens with zero attached hydrogens (tertiary/aromatic N) is 3. The fourth-order valence-corrected chi connectivity index (χ4v) is 4.27. The highest BCUT2D eigenvalue weighted by atomic mass is 35.5. The number of hydrogen-bond acceptors (Lipinski definition) is 5. The Morgan fingerprint density at radius 2 is 1.84 bits per heavy atom. The summed E-state index contributed by atoms with van der Waals surface area (Å²) in [5.74, 6) is -3.66. The highest BCUT2D eigenvalue weighted by molar-refractivity contribution is 6.30. The molecular formula is C25H26ClF3N4O4. The van der Waals surface area contributed by atoms with Crippen LogP contribution in [0.3, 0.4) is 0 Å². The lowest BCUT2D eigenvalue weighted by Gasteiger charge is -2.14. The van der Waals surface area contributed by atoms with E-state index in [1.807, 2.05) is 30.5 Å². The third kappa shape index (κ3) is 7.77. The summed E-state index contributed by atoms with van der Waals surface area (Å²) in [6.45, 7) is 2.31. The van der Waals surface area contributed by atoms with Gasteiger partial charge in [0, 0.05) is 35.1 Å². The van der Waals surface area contributed by atoms with Gasteiger partial charge in [0.15, 0.2) is 0 Å². The number of aliphatic carboxylic acids is 1. The van der Waals surface area contributed by atoms with Crippen LogP contribution in [0.4, 0.5) is 13.2 Å². The van der Waals surface area contributed by atoms with E-state index in [0.717, 1.165) is 66.2 Å². The lowest BCUT2D eigenvalue weighted by molar-refractivity contribution is -0.192. The van der Waals surface area contributed by atoms with Crippen molar-refractivity contribution in [1.29, 1.82) is 0 Å². The minimum Gasteiger partial charge on any atom is -0.477 e. The summed E-state index contributed by atoms with van der Waals surface area (Å²) in [7, 11) is 0. The SMILES string of the molecule is O=C(O)C(F)(F)F.O=C(O)c1c2c(nn1CCCNCCCc1cccc(Cl)c1)-c1ccncc1CC2. The van der Waals surface area contributed by atoms with Crippen molar-refractivity contribution in [2.24, 2.45) is 0 Å². The number of aryl methyl sites for hydroxylation is 3. The third-order valence-corrected chi connectivity index (χ3v) is 5.97. The second-order valence-corrected chi connectivity index (χ2v) is 8.81. The van der Waals surface area contributed by atoms with Gasteiger partial charge >= 0.3 is 18.1 Å². The molecule has 8 nitrogen and oxygen atoms in total. The molecule has 0 aliphatic heterocycles. The van der Waals surface area contributed by atoms with Gasteiger partial charge in [-0.15, -0.1) is 0 Å². The van der Waals surface area contributed by atoms with Crippen molar-refractivity contribution in [2.75, 3.05) is 13.1 Å². The van der Waals surface area contributed by atoms with Crippen molar-refractivity contribution >= 4 is 23.5 Å². The van der Waals surface area contributed by atoms with Crippen LogP contribution >= 0.6 is 11.6 Å². The Bertz CT molecular complexity index is 1250. The van der Waals surface area contributed by atoms with Crippen LogP contribution in [-0.4, -0.2) is 56.2 Å². The molecule has 3 N–H and O–H groups in total. The van der Waals surface area contributed by atoms with E-state index in [2.05, 4.69) is 21.5 Å². The van der Waals surface area contributed by atoms with Gasteiger partial charge in [0.2, 0.25) is 0 Å². The predicted octanol–water partition coefficient (Wildman–Crippen LogP) is 4.64. The fourth-order valence-electron chi connectivity index (χ4n) is 4.06. The van der Waals surface area contributed by atoms with Crippen LogP contribution < -0.4 is 5.32 Å². The first-order chi connectivity index (χ1) is 17.6. The third-order valence-electron chi connectivity index (χ3n) is 5.73. The number of rotatable bonds is 9. The largest absolute Gasteiger partial charge is 0.490 e. The maximum absolute atomic E-state index is 11.9. The smallest absolute Gasteiger partial charge is 0.477 e. The first-order valence-electron chi connectivity index (χ1n) is 11.6. The van der Waals surface area contributed by atoms with Crippen LogP contribution in [0, 0.1) is 0 Å². The van der Waals surface area contributed by atoms with Crippen molar-refractivity contribution in [3.05, 3.63) is 70.1 Å². The highest BCUT2D eigenvalue weighted by Gasteiger charge is 2.38. The average Bonchev–Trinajstić information content (AvgIpc) is 3.22. The Morgan fingerprint density at radius 1 is 1.11 bits per heavy atom. The number of fused-ring (bicyclic) bond motifs is 3. The van der Waals surface area contributed by atoms with E-state index in [1.165, 1.54) is 5.56 Å². The topological polar surface area (TPSA) is 117 Å². The number of carboxylic acids is 2. The second-order valence-electron chi connectivity index (χ2n) is 8.38. The van der Waals surface area contributed by atoms with Gasteiger partial charge in [-0.25, -0.2) is 9.59 Å². The number of benzene rings is 1. The van der Waals surface area contributed by atoms with E-state index in [-0.39, 0.29) is 0 Å². The van der Waals surface area contributed by atoms with Crippen molar-refractivity contribution < 1.29 is 33.0 Å². The van der Waals surface area contributed by atoms with E-state index >= 15 is 0 Å². The maximum atomic E-state index is 11.9. The Kier molecular flexibility index (Phi) is 9.65. The van der Waals surface area contributed by atoms with Gasteiger partial charge in [0.1, 0.15) is 5.69 Å². The van der Waals surface area contributed by atoms with Gasteiger partial charge in [-0.05, 0) is 74.5 Å². The van der Waals surface area contributed by atoms with E-state index in [9.17, 15) is 23.1 Å². The molecule has 4 rings (SSSR count). The second kappa shape index (κ2) is 12.7. The molecule has 0 atom stereocenters. The molecule has 0 bridgehead atoms. The zero-order valence-corrected chi connectivity index (χ0v) is 20.5. The monoisotopic (exact) mass is 538 g/mol. The Balaban J connectivity index is 0.000000479. The summed E-state index contributed by atoms with van der Waals surface area (Å²) >= 11 is 6.02. The molecule has 0 radical (unpaired) electrons. The van der Waals surface area contributed by atoms with Gasteiger partial charge in [-0.3, -0.25) is 9.67 Å². The minimum absolute atomic E-state index is 0.327. The lowest BCUT2D eigenvalue weighted by Crippen LogP contribution is -2.21. The number of hydrogen-bond donors (Lipinski definition) is 3. The molecule has 198 valence electrons. The summed E-state index contributed by atoms with van der Waals surface area (Å²) in [5, 5.41) is 25.8. The van der Waals surface area contributed by atoms with Crippen LogP contribution in [0.1, 0.15) is 40.0 Å². The number of carbonyl (C=O) groups is 2. The molecule has 0 fully saturated rings. The summed E-state index contributed by atoms with van der Waals surface area (Å²) < 4.78 is 33.4. The Hall–Kier alpha value is -3.44. The molecule has 12 heteroatoms. The Morgan fingerprint density at radius 3 is 2.51 bits per heavy atom. The van der Waals surface area contributed by atoms with Gasteiger partial charge in [-0.2, -0.15) is 18.3 Å². The molecule has 0 unspecified atom stereocenters. The molecule has 1 aliphatic rings. The van der Waals surface area contributed by atoms with Gasteiger partial charge in [0.25, 0.3) is 0 Å². The molecule has 2 heterocycles. The predicted molar refractivity (Wildman–Crippen MR) is 131 cm³/mol. The zero-order chi connectivity index (χ0) is 27.0. The van der Waals surface area contributed by atoms with E-state index in [1.54, 1.807) is 10.9 Å². The molecule has 1 aromatic carbocycles. The summed E-state index contributed by atoms with van der Waals surface area (Å²) in [4.78, 5) is 25.0. The molecule has 0 spiro atoms. The van der Waals surface area contributed by atoms with Gasteiger partial charge < -0.3 is 15.5 Å². The van der Waals surface area contributed by atoms with Crippen molar-refractivity contribution in [3.8, 4) is 11.3 Å². The number of pyridine rings is 1. The molecule has 1 aliphatic carbocycles. The van der Waals surface area contributed by atoms with E-state index in [0.29, 0.717) is 18.7 Å². The number of carboxylic acid groups (broad SMARTS) is 2. The van der Waals surface area contributed by atoms with Crippen molar-refractivity contribution in [3.63, 3.8) is 0 Å². The molecule has 0 amide bonds. The minimum atomic E-state index is -5.08. The van der Waals surface area contributed by atoms with Crippen LogP contribution in [-0.2, 0) is 30.6 Å². The van der Waals surface area contributed by atoms with Crippen LogP contribution in [0.5, 0.6) is 0 Å². The molecular weight excluding hydrogens is 513 g/mol. The normalized spacial score (nSPS) is 12.2. The number of aromatic nitrogens is 3. The maximum Gasteiger partial charge on any atom is 0.490 e. The first kappa shape index (κ1) is 28.1. The standard InChI is InChI=1S/C23H25ClN4O2.C2HF3O2/c24-18-6-1-4-16(14-18)5-2-10-25-11-3-13-28-22(23(29)30)20-8-7-17-15-26-12-9-19(17)21(20)27-28;3-2(4,5)1(6)7/h1,4,6,9,12,14-15,25H,2-3,5,7-8,10-11,13H2,(H,29,30);(H,6,7).